The van der Waals surface area contributed by atoms with Crippen molar-refractivity contribution in [2.45, 2.75) is 32.2 Å². The van der Waals surface area contributed by atoms with E-state index in [0.717, 1.165) is 18.4 Å². The van der Waals surface area contributed by atoms with Crippen LogP contribution in [-0.2, 0) is 4.79 Å². The Morgan fingerprint density at radius 3 is 2.80 bits per heavy atom. The van der Waals surface area contributed by atoms with Crippen LogP contribution in [-0.4, -0.2) is 36.3 Å². The van der Waals surface area contributed by atoms with Gasteiger partial charge in [0.15, 0.2) is 0 Å². The molecule has 20 heavy (non-hydrogen) atoms. The van der Waals surface area contributed by atoms with Crippen LogP contribution in [0.15, 0.2) is 18.2 Å². The normalized spacial score (nSPS) is 18.7. The van der Waals surface area contributed by atoms with Crippen LogP contribution in [0.4, 0.5) is 5.69 Å². The molecular weight excluding hydrogens is 254 g/mol. The summed E-state index contributed by atoms with van der Waals surface area (Å²) in [5.74, 6) is -0.260. The zero-order chi connectivity index (χ0) is 14.7. The third-order valence-corrected chi connectivity index (χ3v) is 3.87. The molecule has 3 N–H and O–H groups in total. The van der Waals surface area contributed by atoms with Gasteiger partial charge in [0.1, 0.15) is 6.04 Å². The van der Waals surface area contributed by atoms with E-state index in [2.05, 4.69) is 5.32 Å². The first-order chi connectivity index (χ1) is 9.56. The number of nitrogens with two attached hydrogens (primary N) is 1. The summed E-state index contributed by atoms with van der Waals surface area (Å²) in [6.45, 7) is 2.48. The number of likely N-dealkylation sites (tertiary alicyclic amines) is 1. The van der Waals surface area contributed by atoms with Crippen LogP contribution in [0, 0.1) is 6.92 Å². The van der Waals surface area contributed by atoms with Crippen molar-refractivity contribution in [2.75, 3.05) is 19.3 Å². The van der Waals surface area contributed by atoms with E-state index in [-0.39, 0.29) is 17.9 Å². The van der Waals surface area contributed by atoms with Crippen molar-refractivity contribution in [3.05, 3.63) is 29.3 Å². The quantitative estimate of drug-likeness (QED) is 0.799. The van der Waals surface area contributed by atoms with Crippen LogP contribution in [0.25, 0.3) is 0 Å². The molecule has 0 saturated carbocycles. The van der Waals surface area contributed by atoms with Crippen LogP contribution >= 0.6 is 0 Å². The fourth-order valence-electron chi connectivity index (χ4n) is 2.64. The first kappa shape index (κ1) is 14.4. The highest BCUT2D eigenvalue weighted by atomic mass is 16.2. The number of nitrogens with zero attached hydrogens (tertiary/aromatic N) is 1. The number of carbonyl (C=O) groups excluding carboxylic acids is 2. The molecule has 1 unspecified atom stereocenters. The predicted octanol–water partition coefficient (Wildman–Crippen LogP) is 1.32. The van der Waals surface area contributed by atoms with E-state index in [1.54, 1.807) is 18.0 Å². The average Bonchev–Trinajstić information content (AvgIpc) is 2.48. The predicted molar refractivity (Wildman–Crippen MR) is 78.3 cm³/mol. The Bertz CT molecular complexity index is 528. The third kappa shape index (κ3) is 2.61. The van der Waals surface area contributed by atoms with Gasteiger partial charge in [-0.25, -0.2) is 0 Å². The summed E-state index contributed by atoms with van der Waals surface area (Å²) in [5, 5.41) is 2.63. The largest absolute Gasteiger partial charge is 0.398 e. The van der Waals surface area contributed by atoms with Crippen molar-refractivity contribution in [2.24, 2.45) is 0 Å². The Labute approximate surface area is 119 Å². The molecular formula is C15H21N3O2. The summed E-state index contributed by atoms with van der Waals surface area (Å²) in [7, 11) is 1.60. The zero-order valence-electron chi connectivity index (χ0n) is 12.0. The van der Waals surface area contributed by atoms with E-state index in [9.17, 15) is 9.59 Å². The Morgan fingerprint density at radius 1 is 1.35 bits per heavy atom. The maximum absolute atomic E-state index is 12.7. The number of piperidine rings is 1. The van der Waals surface area contributed by atoms with Crippen molar-refractivity contribution < 1.29 is 9.59 Å². The van der Waals surface area contributed by atoms with E-state index >= 15 is 0 Å². The lowest BCUT2D eigenvalue weighted by atomic mass is 9.99. The van der Waals surface area contributed by atoms with Crippen molar-refractivity contribution in [1.29, 1.82) is 0 Å². The summed E-state index contributed by atoms with van der Waals surface area (Å²) in [4.78, 5) is 26.2. The molecule has 0 aromatic heterocycles. The number of anilines is 1. The number of nitrogen functional groups attached to an aromatic ring is 1. The van der Waals surface area contributed by atoms with Gasteiger partial charge in [0.2, 0.25) is 5.91 Å². The van der Waals surface area contributed by atoms with Crippen LogP contribution in [0.1, 0.15) is 35.2 Å². The fraction of sp³-hybridized carbons (Fsp3) is 0.467. The minimum absolute atomic E-state index is 0.107. The van der Waals surface area contributed by atoms with Gasteiger partial charge in [-0.15, -0.1) is 0 Å². The molecule has 2 rings (SSSR count). The average molecular weight is 275 g/mol. The zero-order valence-corrected chi connectivity index (χ0v) is 12.0. The molecule has 0 spiro atoms. The molecule has 5 heteroatoms. The second-order valence-corrected chi connectivity index (χ2v) is 5.16. The highest BCUT2D eigenvalue weighted by Crippen LogP contribution is 2.24. The number of hydrogen-bond donors (Lipinski definition) is 2. The van der Waals surface area contributed by atoms with Gasteiger partial charge in [-0.05, 0) is 37.8 Å². The van der Waals surface area contributed by atoms with Gasteiger partial charge in [0.25, 0.3) is 5.91 Å². The van der Waals surface area contributed by atoms with Gasteiger partial charge >= 0.3 is 0 Å². The number of para-hydroxylation sites is 1. The van der Waals surface area contributed by atoms with Gasteiger partial charge in [-0.3, -0.25) is 9.59 Å². The Morgan fingerprint density at radius 2 is 2.10 bits per heavy atom. The smallest absolute Gasteiger partial charge is 0.256 e. The Balaban J connectivity index is 2.30. The maximum atomic E-state index is 12.7. The molecule has 1 aliphatic heterocycles. The topological polar surface area (TPSA) is 75.4 Å². The van der Waals surface area contributed by atoms with Crippen molar-refractivity contribution in [3.63, 3.8) is 0 Å². The molecule has 1 saturated heterocycles. The standard InChI is InChI=1S/C15H21N3O2/c1-10-6-5-7-11(13(10)16)15(20)18-9-4-3-8-12(18)14(19)17-2/h5-7,12H,3-4,8-9,16H2,1-2H3,(H,17,19). The highest BCUT2D eigenvalue weighted by Gasteiger charge is 2.32. The molecule has 1 fully saturated rings. The first-order valence-corrected chi connectivity index (χ1v) is 6.94. The van der Waals surface area contributed by atoms with Crippen LogP contribution in [0.2, 0.25) is 0 Å². The molecule has 1 heterocycles. The van der Waals surface area contributed by atoms with E-state index in [1.165, 1.54) is 0 Å². The third-order valence-electron chi connectivity index (χ3n) is 3.87. The van der Waals surface area contributed by atoms with Crippen LogP contribution < -0.4 is 11.1 Å². The van der Waals surface area contributed by atoms with Crippen LogP contribution in [0.3, 0.4) is 0 Å². The van der Waals surface area contributed by atoms with Gasteiger partial charge in [-0.2, -0.15) is 0 Å². The number of rotatable bonds is 2. The fourth-order valence-corrected chi connectivity index (χ4v) is 2.64. The second-order valence-electron chi connectivity index (χ2n) is 5.16. The first-order valence-electron chi connectivity index (χ1n) is 6.94. The number of likely N-dealkylation sites (N-methyl/N-ethyl adjacent to an activating group) is 1. The molecule has 0 bridgehead atoms. The monoisotopic (exact) mass is 275 g/mol. The lowest BCUT2D eigenvalue weighted by molar-refractivity contribution is -0.126. The van der Waals surface area contributed by atoms with E-state index < -0.39 is 0 Å². The molecule has 2 amide bonds. The summed E-state index contributed by atoms with van der Waals surface area (Å²) in [5.41, 5.74) is 7.86. The molecule has 1 aromatic carbocycles. The number of nitrogens with one attached hydrogen (secondary N) is 1. The molecule has 1 aromatic rings. The van der Waals surface area contributed by atoms with Gasteiger partial charge in [-0.1, -0.05) is 12.1 Å². The number of amides is 2. The van der Waals surface area contributed by atoms with Gasteiger partial charge in [0.05, 0.1) is 5.56 Å². The highest BCUT2D eigenvalue weighted by molar-refractivity contribution is 6.02. The molecule has 5 nitrogen and oxygen atoms in total. The van der Waals surface area contributed by atoms with E-state index in [1.807, 2.05) is 19.1 Å². The molecule has 0 aliphatic carbocycles. The minimum atomic E-state index is -0.388. The molecule has 0 radical (unpaired) electrons. The number of carbonyl (C=O) groups is 2. The van der Waals surface area contributed by atoms with Gasteiger partial charge in [0, 0.05) is 19.3 Å². The van der Waals surface area contributed by atoms with Crippen molar-refractivity contribution in [3.8, 4) is 0 Å². The summed E-state index contributed by atoms with van der Waals surface area (Å²) < 4.78 is 0. The molecule has 1 atom stereocenters. The van der Waals surface area contributed by atoms with E-state index in [0.29, 0.717) is 24.2 Å². The van der Waals surface area contributed by atoms with Crippen molar-refractivity contribution in [1.82, 2.24) is 10.2 Å². The SMILES string of the molecule is CNC(=O)C1CCCCN1C(=O)c1cccc(C)c1N. The summed E-state index contributed by atoms with van der Waals surface area (Å²) >= 11 is 0. The summed E-state index contributed by atoms with van der Waals surface area (Å²) in [6.07, 6.45) is 2.59. The van der Waals surface area contributed by atoms with Crippen LogP contribution in [0.5, 0.6) is 0 Å². The van der Waals surface area contributed by atoms with E-state index in [4.69, 9.17) is 5.73 Å². The number of hydrogen-bond acceptors (Lipinski definition) is 3. The Hall–Kier alpha value is -2.04. The van der Waals surface area contributed by atoms with Crippen molar-refractivity contribution >= 4 is 17.5 Å². The summed E-state index contributed by atoms with van der Waals surface area (Å²) in [6, 6.07) is 5.03. The molecule has 1 aliphatic rings. The number of aryl methyl sites for hydroxylation is 1. The number of benzene rings is 1. The minimum Gasteiger partial charge on any atom is -0.398 e. The lowest BCUT2D eigenvalue weighted by Gasteiger charge is -2.34. The Kier molecular flexibility index (Phi) is 4.27. The molecule has 108 valence electrons. The lowest BCUT2D eigenvalue weighted by Crippen LogP contribution is -2.51. The maximum Gasteiger partial charge on any atom is 0.256 e. The van der Waals surface area contributed by atoms with Gasteiger partial charge < -0.3 is 16.0 Å². The second kappa shape index (κ2) is 5.94.